The highest BCUT2D eigenvalue weighted by Gasteiger charge is 2.59. The van der Waals surface area contributed by atoms with Gasteiger partial charge in [0.15, 0.2) is 0 Å². The van der Waals surface area contributed by atoms with Crippen LogP contribution in [0.15, 0.2) is 58.3 Å². The van der Waals surface area contributed by atoms with Gasteiger partial charge in [-0.3, -0.25) is 14.6 Å². The standard InChI is InChI=1S/C20H19N3O3/c24-18(15-7-9-26-12-15)23-10-14-6-8-20(16(14)11-23)19(25)21-17(22-20)13-4-2-1-3-5-13/h1-5,7,9,12,14,16H,6,8,10-11H2,(H,21,22,25)/t14-,16+,20-/m1/s1. The molecule has 1 saturated heterocycles. The van der Waals surface area contributed by atoms with Gasteiger partial charge < -0.3 is 14.6 Å². The van der Waals surface area contributed by atoms with Gasteiger partial charge in [0, 0.05) is 24.6 Å². The van der Waals surface area contributed by atoms with Crippen LogP contribution in [-0.4, -0.2) is 41.2 Å². The molecule has 1 N–H and O–H groups in total. The van der Waals surface area contributed by atoms with E-state index in [9.17, 15) is 9.59 Å². The molecule has 6 nitrogen and oxygen atoms in total. The molecular weight excluding hydrogens is 330 g/mol. The molecule has 3 aliphatic rings. The molecule has 3 heterocycles. The summed E-state index contributed by atoms with van der Waals surface area (Å²) < 4.78 is 5.03. The molecule has 6 heteroatoms. The molecule has 2 aliphatic heterocycles. The molecule has 0 radical (unpaired) electrons. The van der Waals surface area contributed by atoms with Gasteiger partial charge in [-0.1, -0.05) is 30.3 Å². The molecule has 1 aromatic heterocycles. The highest BCUT2D eigenvalue weighted by molar-refractivity contribution is 6.15. The van der Waals surface area contributed by atoms with Crippen LogP contribution in [0.1, 0.15) is 28.8 Å². The zero-order valence-electron chi connectivity index (χ0n) is 14.2. The van der Waals surface area contributed by atoms with Crippen LogP contribution in [0.2, 0.25) is 0 Å². The Bertz CT molecular complexity index is 890. The number of carbonyl (C=O) groups is 2. The second-order valence-electron chi connectivity index (χ2n) is 7.33. The van der Waals surface area contributed by atoms with Crippen molar-refractivity contribution >= 4 is 17.6 Å². The minimum Gasteiger partial charge on any atom is -0.472 e. The summed E-state index contributed by atoms with van der Waals surface area (Å²) in [6.07, 6.45) is 4.64. The van der Waals surface area contributed by atoms with E-state index in [-0.39, 0.29) is 17.7 Å². The molecular formula is C20H19N3O3. The molecule has 2 aromatic rings. The largest absolute Gasteiger partial charge is 0.472 e. The van der Waals surface area contributed by atoms with Gasteiger partial charge in [0.1, 0.15) is 17.6 Å². The van der Waals surface area contributed by atoms with Gasteiger partial charge in [-0.2, -0.15) is 0 Å². The van der Waals surface area contributed by atoms with E-state index >= 15 is 0 Å². The Kier molecular flexibility index (Phi) is 3.29. The lowest BCUT2D eigenvalue weighted by atomic mass is 9.85. The number of carbonyl (C=O) groups excluding carboxylic acids is 2. The van der Waals surface area contributed by atoms with Gasteiger partial charge in [-0.05, 0) is 24.8 Å². The van der Waals surface area contributed by atoms with E-state index in [4.69, 9.17) is 9.41 Å². The molecule has 132 valence electrons. The third kappa shape index (κ3) is 2.14. The lowest BCUT2D eigenvalue weighted by Gasteiger charge is -2.25. The van der Waals surface area contributed by atoms with Crippen molar-refractivity contribution in [3.8, 4) is 0 Å². The van der Waals surface area contributed by atoms with Crippen LogP contribution in [0.3, 0.4) is 0 Å². The molecule has 2 fully saturated rings. The number of amides is 2. The fourth-order valence-electron chi connectivity index (χ4n) is 4.68. The molecule has 26 heavy (non-hydrogen) atoms. The number of nitrogens with one attached hydrogen (secondary N) is 1. The average molecular weight is 349 g/mol. The highest BCUT2D eigenvalue weighted by Crippen LogP contribution is 2.49. The van der Waals surface area contributed by atoms with Gasteiger partial charge in [-0.25, -0.2) is 0 Å². The number of furan rings is 1. The first-order valence-electron chi connectivity index (χ1n) is 8.95. The van der Waals surface area contributed by atoms with Crippen molar-refractivity contribution in [1.29, 1.82) is 0 Å². The van der Waals surface area contributed by atoms with Crippen LogP contribution in [0.25, 0.3) is 0 Å². The van der Waals surface area contributed by atoms with Crippen molar-refractivity contribution in [2.45, 2.75) is 18.4 Å². The first-order valence-corrected chi connectivity index (χ1v) is 8.95. The van der Waals surface area contributed by atoms with Crippen molar-refractivity contribution in [2.24, 2.45) is 16.8 Å². The Morgan fingerprint density at radius 3 is 2.85 bits per heavy atom. The van der Waals surface area contributed by atoms with E-state index in [1.54, 1.807) is 6.07 Å². The molecule has 2 amide bonds. The van der Waals surface area contributed by atoms with E-state index in [0.717, 1.165) is 18.4 Å². The molecule has 1 saturated carbocycles. The molecule has 5 rings (SSSR count). The van der Waals surface area contributed by atoms with Gasteiger partial charge in [0.25, 0.3) is 11.8 Å². The zero-order valence-corrected chi connectivity index (χ0v) is 14.2. The smallest absolute Gasteiger partial charge is 0.257 e. The van der Waals surface area contributed by atoms with Crippen LogP contribution >= 0.6 is 0 Å². The van der Waals surface area contributed by atoms with E-state index < -0.39 is 5.54 Å². The summed E-state index contributed by atoms with van der Waals surface area (Å²) >= 11 is 0. The second-order valence-corrected chi connectivity index (χ2v) is 7.33. The van der Waals surface area contributed by atoms with Gasteiger partial charge in [-0.15, -0.1) is 0 Å². The summed E-state index contributed by atoms with van der Waals surface area (Å²) in [6, 6.07) is 11.4. The Morgan fingerprint density at radius 2 is 2.08 bits per heavy atom. The Balaban J connectivity index is 1.43. The topological polar surface area (TPSA) is 74.9 Å². The van der Waals surface area contributed by atoms with Gasteiger partial charge >= 0.3 is 0 Å². The number of amidine groups is 1. The van der Waals surface area contributed by atoms with Crippen LogP contribution < -0.4 is 5.32 Å². The third-order valence-electron chi connectivity index (χ3n) is 5.99. The minimum atomic E-state index is -0.735. The first-order chi connectivity index (χ1) is 12.7. The number of aliphatic imine (C=N–C) groups is 1. The number of benzene rings is 1. The molecule has 0 bridgehead atoms. The Morgan fingerprint density at radius 1 is 1.23 bits per heavy atom. The molecule has 1 spiro atoms. The number of hydrogen-bond acceptors (Lipinski definition) is 4. The van der Waals surface area contributed by atoms with E-state index in [1.807, 2.05) is 35.2 Å². The third-order valence-corrected chi connectivity index (χ3v) is 5.99. The van der Waals surface area contributed by atoms with Gasteiger partial charge in [0.2, 0.25) is 0 Å². The molecule has 0 unspecified atom stereocenters. The van der Waals surface area contributed by atoms with Crippen molar-refractivity contribution < 1.29 is 14.0 Å². The maximum Gasteiger partial charge on any atom is 0.257 e. The Hall–Kier alpha value is -2.89. The second kappa shape index (κ2) is 5.56. The average Bonchev–Trinajstić information content (AvgIpc) is 3.42. The lowest BCUT2D eigenvalue weighted by Crippen LogP contribution is -2.45. The summed E-state index contributed by atoms with van der Waals surface area (Å²) in [6.45, 7) is 1.24. The summed E-state index contributed by atoms with van der Waals surface area (Å²) in [5.41, 5.74) is 0.746. The number of likely N-dealkylation sites (tertiary alicyclic amines) is 1. The fourth-order valence-corrected chi connectivity index (χ4v) is 4.68. The van der Waals surface area contributed by atoms with Crippen LogP contribution in [0.5, 0.6) is 0 Å². The number of rotatable bonds is 2. The molecule has 1 aromatic carbocycles. The van der Waals surface area contributed by atoms with Crippen molar-refractivity contribution in [3.05, 3.63) is 60.1 Å². The van der Waals surface area contributed by atoms with Crippen LogP contribution in [0, 0.1) is 11.8 Å². The van der Waals surface area contributed by atoms with E-state index in [2.05, 4.69) is 5.32 Å². The Labute approximate surface area is 150 Å². The number of nitrogens with zero attached hydrogens (tertiary/aromatic N) is 2. The maximum absolute atomic E-state index is 12.9. The quantitative estimate of drug-likeness (QED) is 0.902. The molecule has 3 atom stereocenters. The minimum absolute atomic E-state index is 0.0264. The highest BCUT2D eigenvalue weighted by atomic mass is 16.3. The number of fused-ring (bicyclic) bond motifs is 2. The van der Waals surface area contributed by atoms with Gasteiger partial charge in [0.05, 0.1) is 11.8 Å². The molecule has 1 aliphatic carbocycles. The predicted molar refractivity (Wildman–Crippen MR) is 94.7 cm³/mol. The van der Waals surface area contributed by atoms with Crippen LogP contribution in [0.4, 0.5) is 0 Å². The maximum atomic E-state index is 12.9. The number of hydrogen-bond donors (Lipinski definition) is 1. The predicted octanol–water partition coefficient (Wildman–Crippen LogP) is 2.08. The monoisotopic (exact) mass is 349 g/mol. The summed E-state index contributed by atoms with van der Waals surface area (Å²) in [5, 5.41) is 2.98. The van der Waals surface area contributed by atoms with E-state index in [1.165, 1.54) is 12.5 Å². The van der Waals surface area contributed by atoms with Crippen molar-refractivity contribution in [3.63, 3.8) is 0 Å². The fraction of sp³-hybridized carbons (Fsp3) is 0.350. The summed E-state index contributed by atoms with van der Waals surface area (Å²) in [5.74, 6) is 0.973. The van der Waals surface area contributed by atoms with Crippen molar-refractivity contribution in [1.82, 2.24) is 10.2 Å². The van der Waals surface area contributed by atoms with Crippen molar-refractivity contribution in [2.75, 3.05) is 13.1 Å². The SMILES string of the molecule is O=C(c1ccoc1)N1C[C@H]2CC[C@@]3(N=C(c4ccccc4)NC3=O)[C@H]2C1. The van der Waals surface area contributed by atoms with Crippen LogP contribution in [-0.2, 0) is 4.79 Å². The lowest BCUT2D eigenvalue weighted by molar-refractivity contribution is -0.124. The van der Waals surface area contributed by atoms with E-state index in [0.29, 0.717) is 30.4 Å². The zero-order chi connectivity index (χ0) is 17.7. The first kappa shape index (κ1) is 15.4. The normalized spacial score (nSPS) is 29.8. The summed E-state index contributed by atoms with van der Waals surface area (Å²) in [7, 11) is 0. The summed E-state index contributed by atoms with van der Waals surface area (Å²) in [4.78, 5) is 32.2.